The molecule has 2 aliphatic rings. The standard InChI is InChI=1S/C17H25NO2/c1-12-7-8-16-14(11-12)17-13(5-4-10-20-17)15(18-16)6-2-3-9-19/h7-8,11,13,15,17-19H,2-6,9-10H2,1H3. The van der Waals surface area contributed by atoms with Gasteiger partial charge < -0.3 is 15.2 Å². The number of aryl methyl sites for hydroxylation is 1. The fraction of sp³-hybridized carbons (Fsp3) is 0.647. The number of aliphatic hydroxyl groups is 1. The maximum Gasteiger partial charge on any atom is 0.0892 e. The van der Waals surface area contributed by atoms with Gasteiger partial charge in [-0.3, -0.25) is 0 Å². The Balaban J connectivity index is 1.83. The van der Waals surface area contributed by atoms with E-state index in [2.05, 4.69) is 30.4 Å². The van der Waals surface area contributed by atoms with E-state index in [1.54, 1.807) is 0 Å². The van der Waals surface area contributed by atoms with Gasteiger partial charge in [-0.15, -0.1) is 0 Å². The normalized spacial score (nSPS) is 28.4. The average molecular weight is 275 g/mol. The third-order valence-electron chi connectivity index (χ3n) is 4.66. The molecule has 0 spiro atoms. The van der Waals surface area contributed by atoms with Crippen molar-refractivity contribution in [2.75, 3.05) is 18.5 Å². The third-order valence-corrected chi connectivity index (χ3v) is 4.66. The van der Waals surface area contributed by atoms with Gasteiger partial charge in [0.1, 0.15) is 0 Å². The van der Waals surface area contributed by atoms with E-state index < -0.39 is 0 Å². The molecule has 3 rings (SSSR count). The lowest BCUT2D eigenvalue weighted by atomic mass is 9.78. The highest BCUT2D eigenvalue weighted by molar-refractivity contribution is 5.57. The van der Waals surface area contributed by atoms with E-state index in [1.807, 2.05) is 0 Å². The molecule has 2 aliphatic heterocycles. The molecule has 110 valence electrons. The molecule has 3 heteroatoms. The van der Waals surface area contributed by atoms with E-state index >= 15 is 0 Å². The summed E-state index contributed by atoms with van der Waals surface area (Å²) in [6, 6.07) is 7.12. The summed E-state index contributed by atoms with van der Waals surface area (Å²) in [5.74, 6) is 0.580. The van der Waals surface area contributed by atoms with Crippen LogP contribution in [-0.2, 0) is 4.74 Å². The summed E-state index contributed by atoms with van der Waals surface area (Å²) < 4.78 is 6.11. The van der Waals surface area contributed by atoms with Gasteiger partial charge in [-0.2, -0.15) is 0 Å². The number of fused-ring (bicyclic) bond motifs is 3. The molecule has 1 saturated heterocycles. The highest BCUT2D eigenvalue weighted by Gasteiger charge is 2.38. The van der Waals surface area contributed by atoms with E-state index in [9.17, 15) is 0 Å². The summed E-state index contributed by atoms with van der Waals surface area (Å²) in [4.78, 5) is 0. The second-order valence-corrected chi connectivity index (χ2v) is 6.16. The SMILES string of the molecule is Cc1ccc2c(c1)C1OCCCC1C(CCCCO)N2. The lowest BCUT2D eigenvalue weighted by molar-refractivity contribution is -0.0387. The van der Waals surface area contributed by atoms with Crippen molar-refractivity contribution >= 4 is 5.69 Å². The molecule has 0 aromatic heterocycles. The predicted octanol–water partition coefficient (Wildman–Crippen LogP) is 3.42. The van der Waals surface area contributed by atoms with E-state index in [0.717, 1.165) is 25.9 Å². The number of aliphatic hydroxyl groups excluding tert-OH is 1. The van der Waals surface area contributed by atoms with E-state index in [4.69, 9.17) is 9.84 Å². The van der Waals surface area contributed by atoms with Crippen LogP contribution in [-0.4, -0.2) is 24.4 Å². The van der Waals surface area contributed by atoms with Crippen LogP contribution in [0.2, 0.25) is 0 Å². The maximum atomic E-state index is 8.97. The summed E-state index contributed by atoms with van der Waals surface area (Å²) in [7, 11) is 0. The zero-order valence-corrected chi connectivity index (χ0v) is 12.3. The number of rotatable bonds is 4. The van der Waals surface area contributed by atoms with Crippen LogP contribution >= 0.6 is 0 Å². The summed E-state index contributed by atoms with van der Waals surface area (Å²) in [5, 5.41) is 12.7. The molecule has 0 bridgehead atoms. The largest absolute Gasteiger partial charge is 0.396 e. The molecule has 3 atom stereocenters. The molecule has 20 heavy (non-hydrogen) atoms. The smallest absolute Gasteiger partial charge is 0.0892 e. The minimum Gasteiger partial charge on any atom is -0.396 e. The molecular formula is C17H25NO2. The van der Waals surface area contributed by atoms with Gasteiger partial charge in [0.05, 0.1) is 6.10 Å². The molecule has 2 heterocycles. The Bertz CT molecular complexity index is 460. The minimum atomic E-state index is 0.263. The maximum absolute atomic E-state index is 8.97. The number of anilines is 1. The highest BCUT2D eigenvalue weighted by Crippen LogP contribution is 2.45. The molecule has 1 aromatic carbocycles. The minimum absolute atomic E-state index is 0.263. The van der Waals surface area contributed by atoms with Crippen LogP contribution in [0.15, 0.2) is 18.2 Å². The van der Waals surface area contributed by atoms with Crippen molar-refractivity contribution in [3.63, 3.8) is 0 Å². The van der Waals surface area contributed by atoms with Crippen molar-refractivity contribution in [1.29, 1.82) is 0 Å². The van der Waals surface area contributed by atoms with Crippen LogP contribution in [0, 0.1) is 12.8 Å². The second-order valence-electron chi connectivity index (χ2n) is 6.16. The van der Waals surface area contributed by atoms with Crippen LogP contribution < -0.4 is 5.32 Å². The molecule has 1 aromatic rings. The van der Waals surface area contributed by atoms with Crippen molar-refractivity contribution in [3.8, 4) is 0 Å². The molecule has 3 nitrogen and oxygen atoms in total. The summed E-state index contributed by atoms with van der Waals surface area (Å²) >= 11 is 0. The van der Waals surface area contributed by atoms with Gasteiger partial charge in [-0.1, -0.05) is 17.7 Å². The number of hydrogen-bond acceptors (Lipinski definition) is 3. The van der Waals surface area contributed by atoms with Gasteiger partial charge in [0, 0.05) is 36.4 Å². The van der Waals surface area contributed by atoms with Crippen LogP contribution in [0.1, 0.15) is 49.3 Å². The van der Waals surface area contributed by atoms with Gasteiger partial charge in [0.15, 0.2) is 0 Å². The first-order chi connectivity index (χ1) is 9.79. The number of hydrogen-bond donors (Lipinski definition) is 2. The van der Waals surface area contributed by atoms with Gasteiger partial charge >= 0.3 is 0 Å². The third kappa shape index (κ3) is 2.70. The number of unbranched alkanes of at least 4 members (excludes halogenated alkanes) is 1. The summed E-state index contributed by atoms with van der Waals surface area (Å²) in [5.41, 5.74) is 3.89. The Morgan fingerprint density at radius 1 is 1.35 bits per heavy atom. The molecule has 2 N–H and O–H groups in total. The van der Waals surface area contributed by atoms with Crippen molar-refractivity contribution in [2.45, 2.75) is 51.2 Å². The Kier molecular flexibility index (Phi) is 4.27. The molecule has 1 fully saturated rings. The van der Waals surface area contributed by atoms with E-state index in [1.165, 1.54) is 29.7 Å². The van der Waals surface area contributed by atoms with Crippen molar-refractivity contribution in [2.24, 2.45) is 5.92 Å². The van der Waals surface area contributed by atoms with E-state index in [0.29, 0.717) is 18.6 Å². The Hall–Kier alpha value is -1.06. The molecule has 0 saturated carbocycles. The highest BCUT2D eigenvalue weighted by atomic mass is 16.5. The number of ether oxygens (including phenoxy) is 1. The van der Waals surface area contributed by atoms with Crippen molar-refractivity contribution in [1.82, 2.24) is 0 Å². The zero-order valence-electron chi connectivity index (χ0n) is 12.3. The first kappa shape index (κ1) is 13.9. The molecule has 0 amide bonds. The average Bonchev–Trinajstić information content (AvgIpc) is 2.48. The quantitative estimate of drug-likeness (QED) is 0.827. The molecule has 0 radical (unpaired) electrons. The lowest BCUT2D eigenvalue weighted by Crippen LogP contribution is -2.41. The monoisotopic (exact) mass is 275 g/mol. The van der Waals surface area contributed by atoms with Crippen molar-refractivity contribution in [3.05, 3.63) is 29.3 Å². The fourth-order valence-corrected chi connectivity index (χ4v) is 3.65. The predicted molar refractivity (Wildman–Crippen MR) is 80.9 cm³/mol. The first-order valence-electron chi connectivity index (χ1n) is 7.89. The van der Waals surface area contributed by atoms with Gasteiger partial charge in [-0.05, 0) is 45.1 Å². The Labute approximate surface area is 121 Å². The fourth-order valence-electron chi connectivity index (χ4n) is 3.65. The van der Waals surface area contributed by atoms with Gasteiger partial charge in [0.25, 0.3) is 0 Å². The number of benzene rings is 1. The topological polar surface area (TPSA) is 41.5 Å². The van der Waals surface area contributed by atoms with Gasteiger partial charge in [-0.25, -0.2) is 0 Å². The molecule has 0 aliphatic carbocycles. The second kappa shape index (κ2) is 6.15. The van der Waals surface area contributed by atoms with Crippen LogP contribution in [0.25, 0.3) is 0 Å². The molecule has 3 unspecified atom stereocenters. The summed E-state index contributed by atoms with van der Waals surface area (Å²) in [6.45, 7) is 3.33. The Morgan fingerprint density at radius 2 is 2.25 bits per heavy atom. The van der Waals surface area contributed by atoms with Crippen molar-refractivity contribution < 1.29 is 9.84 Å². The zero-order chi connectivity index (χ0) is 13.9. The summed E-state index contributed by atoms with van der Waals surface area (Å²) in [6.07, 6.45) is 5.78. The Morgan fingerprint density at radius 3 is 3.10 bits per heavy atom. The van der Waals surface area contributed by atoms with Crippen LogP contribution in [0.3, 0.4) is 0 Å². The van der Waals surface area contributed by atoms with Gasteiger partial charge in [0.2, 0.25) is 0 Å². The van der Waals surface area contributed by atoms with Crippen LogP contribution in [0.5, 0.6) is 0 Å². The number of nitrogens with one attached hydrogen (secondary N) is 1. The van der Waals surface area contributed by atoms with E-state index in [-0.39, 0.29) is 6.10 Å². The first-order valence-corrected chi connectivity index (χ1v) is 7.89. The lowest BCUT2D eigenvalue weighted by Gasteiger charge is -2.43. The molecular weight excluding hydrogens is 250 g/mol. The van der Waals surface area contributed by atoms with Crippen LogP contribution in [0.4, 0.5) is 5.69 Å².